The third-order valence-corrected chi connectivity index (χ3v) is 3.93. The van der Waals surface area contributed by atoms with Gasteiger partial charge in [0.1, 0.15) is 18.4 Å². The van der Waals surface area contributed by atoms with Crippen molar-refractivity contribution < 1.29 is 14.0 Å². The van der Waals surface area contributed by atoms with Gasteiger partial charge >= 0.3 is 0 Å². The van der Waals surface area contributed by atoms with Gasteiger partial charge in [0.25, 0.3) is 0 Å². The summed E-state index contributed by atoms with van der Waals surface area (Å²) >= 11 is 0. The molecule has 1 aromatic carbocycles. The summed E-state index contributed by atoms with van der Waals surface area (Å²) in [5.74, 6) is -0.583. The minimum absolute atomic E-state index is 0.0269. The van der Waals surface area contributed by atoms with E-state index in [4.69, 9.17) is 5.73 Å². The normalized spacial score (nSPS) is 22.4. The predicted molar refractivity (Wildman–Crippen MR) is 71.0 cm³/mol. The monoisotopic (exact) mass is 277 g/mol. The van der Waals surface area contributed by atoms with Gasteiger partial charge in [-0.3, -0.25) is 9.59 Å². The highest BCUT2D eigenvalue weighted by Gasteiger charge is 2.41. The van der Waals surface area contributed by atoms with Crippen LogP contribution in [0.25, 0.3) is 0 Å². The quantitative estimate of drug-likeness (QED) is 0.811. The van der Waals surface area contributed by atoms with E-state index in [1.54, 1.807) is 17.0 Å². The van der Waals surface area contributed by atoms with Crippen LogP contribution in [0.5, 0.6) is 0 Å². The fourth-order valence-electron chi connectivity index (χ4n) is 2.90. The molecule has 0 radical (unpaired) electrons. The van der Waals surface area contributed by atoms with Crippen molar-refractivity contribution in [3.8, 4) is 0 Å². The topological polar surface area (TPSA) is 66.6 Å². The molecule has 1 atom stereocenters. The Bertz CT molecular complexity index is 576. The predicted octanol–water partition coefficient (Wildman–Crippen LogP) is 0.741. The van der Waals surface area contributed by atoms with E-state index in [1.165, 1.54) is 11.0 Å². The van der Waals surface area contributed by atoms with E-state index in [1.807, 2.05) is 0 Å². The average Bonchev–Trinajstić information content (AvgIpc) is 2.88. The van der Waals surface area contributed by atoms with Crippen LogP contribution < -0.4 is 5.73 Å². The molecule has 2 heterocycles. The summed E-state index contributed by atoms with van der Waals surface area (Å²) in [6.07, 6.45) is 1.55. The molecule has 2 N–H and O–H groups in total. The zero-order chi connectivity index (χ0) is 14.3. The Morgan fingerprint density at radius 3 is 2.90 bits per heavy atom. The van der Waals surface area contributed by atoms with Crippen LogP contribution in [-0.4, -0.2) is 40.7 Å². The van der Waals surface area contributed by atoms with Crippen molar-refractivity contribution in [2.45, 2.75) is 25.4 Å². The van der Waals surface area contributed by atoms with Gasteiger partial charge < -0.3 is 15.5 Å². The summed E-state index contributed by atoms with van der Waals surface area (Å²) in [5, 5.41) is 0. The molecule has 3 rings (SSSR count). The number of benzene rings is 1. The molecular formula is C14H16FN3O2. The summed E-state index contributed by atoms with van der Waals surface area (Å²) in [5.41, 5.74) is 6.22. The SMILES string of the molecule is Nc1ccc(CN2CC(=O)N3CCCC3C2=O)c(F)c1. The smallest absolute Gasteiger partial charge is 0.246 e. The number of amides is 2. The second-order valence-corrected chi connectivity index (χ2v) is 5.29. The van der Waals surface area contributed by atoms with Gasteiger partial charge in [0.2, 0.25) is 11.8 Å². The van der Waals surface area contributed by atoms with Crippen LogP contribution in [0.4, 0.5) is 10.1 Å². The van der Waals surface area contributed by atoms with Crippen molar-refractivity contribution in [3.63, 3.8) is 0 Å². The number of rotatable bonds is 2. The highest BCUT2D eigenvalue weighted by atomic mass is 19.1. The Kier molecular flexibility index (Phi) is 3.08. The van der Waals surface area contributed by atoms with E-state index >= 15 is 0 Å². The number of nitrogen functional groups attached to an aromatic ring is 1. The lowest BCUT2D eigenvalue weighted by atomic mass is 10.1. The maximum absolute atomic E-state index is 13.8. The van der Waals surface area contributed by atoms with Gasteiger partial charge in [0, 0.05) is 24.3 Å². The zero-order valence-electron chi connectivity index (χ0n) is 11.0. The number of anilines is 1. The molecule has 0 aromatic heterocycles. The molecule has 0 spiro atoms. The Labute approximate surface area is 116 Å². The number of carbonyl (C=O) groups excluding carboxylic acids is 2. The average molecular weight is 277 g/mol. The van der Waals surface area contributed by atoms with E-state index in [0.29, 0.717) is 24.2 Å². The number of hydrogen-bond donors (Lipinski definition) is 1. The van der Waals surface area contributed by atoms with Crippen molar-refractivity contribution in [1.82, 2.24) is 9.80 Å². The third-order valence-electron chi connectivity index (χ3n) is 3.93. The molecule has 1 unspecified atom stereocenters. The van der Waals surface area contributed by atoms with Crippen molar-refractivity contribution in [3.05, 3.63) is 29.6 Å². The van der Waals surface area contributed by atoms with E-state index in [2.05, 4.69) is 0 Å². The first-order valence-electron chi connectivity index (χ1n) is 6.68. The summed E-state index contributed by atoms with van der Waals surface area (Å²) < 4.78 is 13.8. The van der Waals surface area contributed by atoms with Crippen LogP contribution in [0.2, 0.25) is 0 Å². The molecule has 0 aliphatic carbocycles. The Hall–Kier alpha value is -2.11. The number of halogens is 1. The van der Waals surface area contributed by atoms with E-state index in [9.17, 15) is 14.0 Å². The summed E-state index contributed by atoms with van der Waals surface area (Å²) in [7, 11) is 0. The van der Waals surface area contributed by atoms with Gasteiger partial charge in [-0.1, -0.05) is 6.07 Å². The number of nitrogens with zero attached hydrogens (tertiary/aromatic N) is 2. The first-order chi connectivity index (χ1) is 9.56. The van der Waals surface area contributed by atoms with Gasteiger partial charge in [0.05, 0.1) is 0 Å². The van der Waals surface area contributed by atoms with E-state index in [-0.39, 0.29) is 30.9 Å². The Morgan fingerprint density at radius 1 is 1.35 bits per heavy atom. The number of hydrogen-bond acceptors (Lipinski definition) is 3. The molecule has 20 heavy (non-hydrogen) atoms. The summed E-state index contributed by atoms with van der Waals surface area (Å²) in [4.78, 5) is 27.4. The Balaban J connectivity index is 1.80. The van der Waals surface area contributed by atoms with Gasteiger partial charge in [-0.25, -0.2) is 4.39 Å². The molecule has 2 amide bonds. The first-order valence-corrected chi connectivity index (χ1v) is 6.68. The molecule has 0 bridgehead atoms. The lowest BCUT2D eigenvalue weighted by Gasteiger charge is -2.36. The molecular weight excluding hydrogens is 261 g/mol. The number of fused-ring (bicyclic) bond motifs is 1. The highest BCUT2D eigenvalue weighted by molar-refractivity contribution is 5.95. The van der Waals surface area contributed by atoms with Crippen LogP contribution in [0, 0.1) is 5.82 Å². The number of nitrogens with two attached hydrogens (primary N) is 1. The van der Waals surface area contributed by atoms with Gasteiger partial charge in [-0.2, -0.15) is 0 Å². The molecule has 6 heteroatoms. The molecule has 106 valence electrons. The maximum Gasteiger partial charge on any atom is 0.246 e. The molecule has 5 nitrogen and oxygen atoms in total. The standard InChI is InChI=1S/C14H16FN3O2/c15-11-6-10(16)4-3-9(11)7-17-8-13(19)18-5-1-2-12(18)14(17)20/h3-4,6,12H,1-2,5,7-8,16H2. The minimum atomic E-state index is -0.445. The molecule has 2 aliphatic heterocycles. The van der Waals surface area contributed by atoms with Crippen molar-refractivity contribution in [2.24, 2.45) is 0 Å². The second kappa shape index (κ2) is 4.77. The van der Waals surface area contributed by atoms with Gasteiger partial charge in [0.15, 0.2) is 0 Å². The Morgan fingerprint density at radius 2 is 2.15 bits per heavy atom. The van der Waals surface area contributed by atoms with Crippen molar-refractivity contribution >= 4 is 17.5 Å². The van der Waals surface area contributed by atoms with Gasteiger partial charge in [-0.05, 0) is 25.0 Å². The number of carbonyl (C=O) groups is 2. The highest BCUT2D eigenvalue weighted by Crippen LogP contribution is 2.25. The maximum atomic E-state index is 13.8. The first kappa shape index (κ1) is 12.9. The van der Waals surface area contributed by atoms with Crippen LogP contribution >= 0.6 is 0 Å². The van der Waals surface area contributed by atoms with E-state index < -0.39 is 5.82 Å². The molecule has 2 aliphatic rings. The van der Waals surface area contributed by atoms with Crippen molar-refractivity contribution in [2.75, 3.05) is 18.8 Å². The fraction of sp³-hybridized carbons (Fsp3) is 0.429. The summed E-state index contributed by atoms with van der Waals surface area (Å²) in [6, 6.07) is 4.03. The summed E-state index contributed by atoms with van der Waals surface area (Å²) in [6.45, 7) is 0.791. The largest absolute Gasteiger partial charge is 0.399 e. The zero-order valence-corrected chi connectivity index (χ0v) is 11.0. The van der Waals surface area contributed by atoms with Crippen LogP contribution in [0.15, 0.2) is 18.2 Å². The molecule has 2 saturated heterocycles. The van der Waals surface area contributed by atoms with Crippen LogP contribution in [0.1, 0.15) is 18.4 Å². The minimum Gasteiger partial charge on any atom is -0.399 e. The van der Waals surface area contributed by atoms with Crippen molar-refractivity contribution in [1.29, 1.82) is 0 Å². The number of piperazine rings is 1. The van der Waals surface area contributed by atoms with Crippen LogP contribution in [-0.2, 0) is 16.1 Å². The molecule has 0 saturated carbocycles. The fourth-order valence-corrected chi connectivity index (χ4v) is 2.90. The third kappa shape index (κ3) is 2.11. The molecule has 2 fully saturated rings. The second-order valence-electron chi connectivity index (χ2n) is 5.29. The van der Waals surface area contributed by atoms with Crippen LogP contribution in [0.3, 0.4) is 0 Å². The molecule has 1 aromatic rings. The lowest BCUT2D eigenvalue weighted by molar-refractivity contribution is -0.154. The van der Waals surface area contributed by atoms with E-state index in [0.717, 1.165) is 6.42 Å². The van der Waals surface area contributed by atoms with Gasteiger partial charge in [-0.15, -0.1) is 0 Å². The lowest BCUT2D eigenvalue weighted by Crippen LogP contribution is -2.56.